The van der Waals surface area contributed by atoms with Crippen LogP contribution in [0.3, 0.4) is 0 Å². The number of hydrazine groups is 1. The molecule has 130 valence electrons. The fourth-order valence-electron chi connectivity index (χ4n) is 3.00. The summed E-state index contributed by atoms with van der Waals surface area (Å²) < 4.78 is 0. The Bertz CT molecular complexity index is 988. The van der Waals surface area contributed by atoms with Crippen molar-refractivity contribution in [2.45, 2.75) is 25.7 Å². The van der Waals surface area contributed by atoms with Gasteiger partial charge in [-0.1, -0.05) is 54.6 Å². The number of aryl methyl sites for hydroxylation is 1. The zero-order chi connectivity index (χ0) is 18.1. The molecule has 0 unspecified atom stereocenters. The highest BCUT2D eigenvalue weighted by molar-refractivity contribution is 6.06. The van der Waals surface area contributed by atoms with Crippen molar-refractivity contribution in [2.75, 3.05) is 0 Å². The third kappa shape index (κ3) is 3.31. The second kappa shape index (κ2) is 6.64. The maximum Gasteiger partial charge on any atom is 0.270 e. The molecule has 1 heterocycles. The van der Waals surface area contributed by atoms with Crippen LogP contribution in [0.5, 0.6) is 0 Å². The zero-order valence-electron chi connectivity index (χ0n) is 14.8. The van der Waals surface area contributed by atoms with Crippen LogP contribution in [0.1, 0.15) is 45.9 Å². The number of hydrogen-bond acceptors (Lipinski definition) is 3. The summed E-state index contributed by atoms with van der Waals surface area (Å²) in [5.41, 5.74) is 11.0. The fourth-order valence-corrected chi connectivity index (χ4v) is 3.00. The van der Waals surface area contributed by atoms with Crippen molar-refractivity contribution in [2.24, 2.45) is 0 Å². The van der Waals surface area contributed by atoms with Gasteiger partial charge >= 0.3 is 0 Å². The second-order valence-electron chi connectivity index (χ2n) is 6.81. The van der Waals surface area contributed by atoms with Crippen molar-refractivity contribution in [1.29, 1.82) is 0 Å². The average molecular weight is 343 g/mol. The predicted molar refractivity (Wildman–Crippen MR) is 105 cm³/mol. The SMILES string of the molecule is C=C(NNC(=O)c1cc(C2CC2)nc2ccccc12)c1ccc(C)cc1. The lowest BCUT2D eigenvalue weighted by Crippen LogP contribution is -2.36. The third-order valence-electron chi connectivity index (χ3n) is 4.70. The van der Waals surface area contributed by atoms with E-state index in [4.69, 9.17) is 4.98 Å². The van der Waals surface area contributed by atoms with Crippen LogP contribution < -0.4 is 10.9 Å². The predicted octanol–water partition coefficient (Wildman–Crippen LogP) is 4.33. The van der Waals surface area contributed by atoms with Crippen LogP contribution >= 0.6 is 0 Å². The van der Waals surface area contributed by atoms with Crippen molar-refractivity contribution in [3.05, 3.63) is 83.6 Å². The number of carbonyl (C=O) groups is 1. The molecular weight excluding hydrogens is 322 g/mol. The smallest absolute Gasteiger partial charge is 0.270 e. The molecule has 0 saturated heterocycles. The normalized spacial score (nSPS) is 13.4. The summed E-state index contributed by atoms with van der Waals surface area (Å²) in [5.74, 6) is 0.306. The van der Waals surface area contributed by atoms with Crippen molar-refractivity contribution < 1.29 is 4.79 Å². The molecule has 0 spiro atoms. The molecule has 2 aromatic carbocycles. The summed E-state index contributed by atoms with van der Waals surface area (Å²) >= 11 is 0. The van der Waals surface area contributed by atoms with Crippen LogP contribution in [0.25, 0.3) is 16.6 Å². The Labute approximate surface area is 152 Å². The molecule has 1 fully saturated rings. The van der Waals surface area contributed by atoms with Gasteiger partial charge in [0.15, 0.2) is 0 Å². The number of nitrogens with one attached hydrogen (secondary N) is 2. The van der Waals surface area contributed by atoms with Gasteiger partial charge in [0.25, 0.3) is 5.91 Å². The second-order valence-corrected chi connectivity index (χ2v) is 6.81. The van der Waals surface area contributed by atoms with Crippen molar-refractivity contribution in [1.82, 2.24) is 15.8 Å². The van der Waals surface area contributed by atoms with E-state index in [1.807, 2.05) is 61.5 Å². The minimum absolute atomic E-state index is 0.182. The Kier molecular flexibility index (Phi) is 4.17. The number of amides is 1. The first kappa shape index (κ1) is 16.3. The molecule has 26 heavy (non-hydrogen) atoms. The minimum Gasteiger partial charge on any atom is -0.298 e. The van der Waals surface area contributed by atoms with Gasteiger partial charge in [-0.3, -0.25) is 20.6 Å². The molecule has 1 aromatic heterocycles. The third-order valence-corrected chi connectivity index (χ3v) is 4.70. The summed E-state index contributed by atoms with van der Waals surface area (Å²) in [7, 11) is 0. The van der Waals surface area contributed by atoms with Crippen molar-refractivity contribution >= 4 is 22.5 Å². The highest BCUT2D eigenvalue weighted by Gasteiger charge is 2.26. The van der Waals surface area contributed by atoms with Crippen LogP contribution in [0.15, 0.2) is 61.2 Å². The summed E-state index contributed by atoms with van der Waals surface area (Å²) in [5, 5.41) is 0.858. The van der Waals surface area contributed by atoms with E-state index in [1.165, 1.54) is 5.56 Å². The molecule has 0 aliphatic heterocycles. The number of carbonyl (C=O) groups excluding carboxylic acids is 1. The summed E-state index contributed by atoms with van der Waals surface area (Å²) in [4.78, 5) is 17.5. The number of aromatic nitrogens is 1. The molecule has 4 rings (SSSR count). The maximum atomic E-state index is 12.8. The van der Waals surface area contributed by atoms with Crippen LogP contribution in [0.4, 0.5) is 0 Å². The van der Waals surface area contributed by atoms with Gasteiger partial charge in [0.05, 0.1) is 16.8 Å². The molecule has 4 heteroatoms. The van der Waals surface area contributed by atoms with Gasteiger partial charge in [0.2, 0.25) is 0 Å². The first-order valence-electron chi connectivity index (χ1n) is 8.84. The number of nitrogens with zero attached hydrogens (tertiary/aromatic N) is 1. The Balaban J connectivity index is 1.56. The molecule has 4 nitrogen and oxygen atoms in total. The Morgan fingerprint density at radius 1 is 1.08 bits per heavy atom. The van der Waals surface area contributed by atoms with Gasteiger partial charge in [-0.25, -0.2) is 0 Å². The lowest BCUT2D eigenvalue weighted by atomic mass is 10.1. The number of benzene rings is 2. The highest BCUT2D eigenvalue weighted by Crippen LogP contribution is 2.40. The van der Waals surface area contributed by atoms with E-state index in [-0.39, 0.29) is 5.91 Å². The molecular formula is C22H21N3O. The monoisotopic (exact) mass is 343 g/mol. The van der Waals surface area contributed by atoms with Crippen LogP contribution in [-0.4, -0.2) is 10.9 Å². The van der Waals surface area contributed by atoms with Gasteiger partial charge in [-0.2, -0.15) is 0 Å². The largest absolute Gasteiger partial charge is 0.298 e. The van der Waals surface area contributed by atoms with Gasteiger partial charge < -0.3 is 0 Å². The first-order valence-corrected chi connectivity index (χ1v) is 8.84. The summed E-state index contributed by atoms with van der Waals surface area (Å²) in [6, 6.07) is 17.7. The van der Waals surface area contributed by atoms with E-state index in [1.54, 1.807) is 0 Å². The standard InChI is InChI=1S/C22H21N3O/c1-14-7-9-16(10-8-14)15(2)24-25-22(26)19-13-21(17-11-12-17)23-20-6-4-3-5-18(19)20/h3-10,13,17,24H,2,11-12H2,1H3,(H,25,26). The van der Waals surface area contributed by atoms with Crippen LogP contribution in [0.2, 0.25) is 0 Å². The molecule has 1 amide bonds. The molecule has 1 aliphatic rings. The Hall–Kier alpha value is -3.14. The van der Waals surface area contributed by atoms with Crippen LogP contribution in [-0.2, 0) is 0 Å². The van der Waals surface area contributed by atoms with Crippen LogP contribution in [0, 0.1) is 6.92 Å². The van der Waals surface area contributed by atoms with Gasteiger partial charge in [0.1, 0.15) is 0 Å². The van der Waals surface area contributed by atoms with Gasteiger partial charge in [-0.05, 0) is 37.5 Å². The maximum absolute atomic E-state index is 12.8. The first-order chi connectivity index (χ1) is 12.6. The van der Waals surface area contributed by atoms with Gasteiger partial charge in [-0.15, -0.1) is 0 Å². The average Bonchev–Trinajstić information content (AvgIpc) is 3.51. The Morgan fingerprint density at radius 3 is 2.54 bits per heavy atom. The molecule has 3 aromatic rings. The molecule has 1 saturated carbocycles. The molecule has 2 N–H and O–H groups in total. The lowest BCUT2D eigenvalue weighted by Gasteiger charge is -2.13. The van der Waals surface area contributed by atoms with E-state index in [0.29, 0.717) is 17.2 Å². The van der Waals surface area contributed by atoms with Crippen molar-refractivity contribution in [3.8, 4) is 0 Å². The number of para-hydroxylation sites is 1. The van der Waals surface area contributed by atoms with Crippen molar-refractivity contribution in [3.63, 3.8) is 0 Å². The Morgan fingerprint density at radius 2 is 1.81 bits per heavy atom. The molecule has 0 bridgehead atoms. The summed E-state index contributed by atoms with van der Waals surface area (Å²) in [6.45, 7) is 6.04. The molecule has 0 atom stereocenters. The lowest BCUT2D eigenvalue weighted by molar-refractivity contribution is 0.0944. The summed E-state index contributed by atoms with van der Waals surface area (Å²) in [6.07, 6.45) is 2.30. The number of hydrogen-bond donors (Lipinski definition) is 2. The van der Waals surface area contributed by atoms with E-state index in [0.717, 1.165) is 35.0 Å². The van der Waals surface area contributed by atoms with E-state index in [2.05, 4.69) is 17.4 Å². The zero-order valence-corrected chi connectivity index (χ0v) is 14.8. The minimum atomic E-state index is -0.182. The number of rotatable bonds is 5. The number of pyridine rings is 1. The molecule has 0 radical (unpaired) electrons. The highest BCUT2D eigenvalue weighted by atomic mass is 16.2. The quantitative estimate of drug-likeness (QED) is 0.678. The van der Waals surface area contributed by atoms with E-state index in [9.17, 15) is 4.79 Å². The molecule has 1 aliphatic carbocycles. The van der Waals surface area contributed by atoms with E-state index >= 15 is 0 Å². The van der Waals surface area contributed by atoms with Gasteiger partial charge in [0, 0.05) is 17.0 Å². The number of fused-ring (bicyclic) bond motifs is 1. The van der Waals surface area contributed by atoms with E-state index < -0.39 is 0 Å². The topological polar surface area (TPSA) is 54.0 Å². The fraction of sp³-hybridized carbons (Fsp3) is 0.182.